The molecule has 0 spiro atoms. The molecule has 11 heavy (non-hydrogen) atoms. The Morgan fingerprint density at radius 2 is 2.45 bits per heavy atom. The van der Waals surface area contributed by atoms with Gasteiger partial charge in [0, 0.05) is 31.0 Å². The fourth-order valence-corrected chi connectivity index (χ4v) is 1.25. The van der Waals surface area contributed by atoms with E-state index in [0.29, 0.717) is 6.04 Å². The topological polar surface area (TPSA) is 57.9 Å². The van der Waals surface area contributed by atoms with Crippen molar-refractivity contribution in [1.82, 2.24) is 9.97 Å². The number of rotatable bonds is 1. The van der Waals surface area contributed by atoms with E-state index in [-0.39, 0.29) is 0 Å². The highest BCUT2D eigenvalue weighted by Gasteiger charge is 2.24. The Morgan fingerprint density at radius 1 is 1.73 bits per heavy atom. The number of nitrogens with one attached hydrogen (secondary N) is 1. The molecule has 0 amide bonds. The van der Waals surface area contributed by atoms with E-state index in [1.807, 2.05) is 13.1 Å². The molecule has 0 unspecified atom stereocenters. The number of imidazole rings is 1. The van der Waals surface area contributed by atoms with Gasteiger partial charge >= 0.3 is 0 Å². The van der Waals surface area contributed by atoms with Crippen LogP contribution in [0.2, 0.25) is 0 Å². The molecule has 1 aliphatic heterocycles. The number of nitrogens with two attached hydrogens (primary N) is 1. The highest BCUT2D eigenvalue weighted by Crippen LogP contribution is 2.14. The molecule has 0 aromatic carbocycles. The minimum absolute atomic E-state index is 0.334. The van der Waals surface area contributed by atoms with E-state index in [1.165, 1.54) is 0 Å². The molecule has 0 radical (unpaired) electrons. The lowest BCUT2D eigenvalue weighted by atomic mass is 10.1. The van der Waals surface area contributed by atoms with Crippen LogP contribution in [0.25, 0.3) is 0 Å². The second-order valence-electron chi connectivity index (χ2n) is 3.05. The van der Waals surface area contributed by atoms with Crippen LogP contribution in [0.1, 0.15) is 5.69 Å². The third-order valence-corrected chi connectivity index (χ3v) is 1.90. The van der Waals surface area contributed by atoms with Crippen LogP contribution in [0.15, 0.2) is 6.20 Å². The van der Waals surface area contributed by atoms with Gasteiger partial charge in [0.25, 0.3) is 0 Å². The number of aryl methyl sites for hydroxylation is 1. The lowest BCUT2D eigenvalue weighted by molar-refractivity contribution is 0.510. The van der Waals surface area contributed by atoms with Gasteiger partial charge in [0.15, 0.2) is 0 Å². The summed E-state index contributed by atoms with van der Waals surface area (Å²) in [7, 11) is 0. The van der Waals surface area contributed by atoms with E-state index in [9.17, 15) is 0 Å². The van der Waals surface area contributed by atoms with Gasteiger partial charge in [-0.05, 0) is 6.92 Å². The summed E-state index contributed by atoms with van der Waals surface area (Å²) in [6, 6.07) is 0.334. The molecular formula is C7H12N4. The minimum atomic E-state index is 0.334. The molecule has 2 heterocycles. The molecule has 2 rings (SSSR count). The summed E-state index contributed by atoms with van der Waals surface area (Å²) in [5.74, 6) is 0.948. The molecule has 1 fully saturated rings. The second-order valence-corrected chi connectivity index (χ2v) is 3.05. The number of nitrogens with zero attached hydrogens (tertiary/aromatic N) is 2. The summed E-state index contributed by atoms with van der Waals surface area (Å²) in [5.41, 5.74) is 6.73. The predicted molar refractivity (Wildman–Crippen MR) is 43.5 cm³/mol. The molecule has 4 heteroatoms. The van der Waals surface area contributed by atoms with Gasteiger partial charge in [0.05, 0.1) is 0 Å². The summed E-state index contributed by atoms with van der Waals surface area (Å²) in [5, 5.41) is 0. The maximum Gasteiger partial charge on any atom is 0.203 e. The van der Waals surface area contributed by atoms with Crippen LogP contribution in [-0.2, 0) is 0 Å². The summed E-state index contributed by atoms with van der Waals surface area (Å²) < 4.78 is 0. The normalized spacial score (nSPS) is 18.5. The smallest absolute Gasteiger partial charge is 0.203 e. The second kappa shape index (κ2) is 2.23. The van der Waals surface area contributed by atoms with Crippen LogP contribution in [0.5, 0.6) is 0 Å². The molecule has 3 N–H and O–H groups in total. The largest absolute Gasteiger partial charge is 0.339 e. The number of hydrogen-bond acceptors (Lipinski definition) is 3. The van der Waals surface area contributed by atoms with Crippen molar-refractivity contribution in [3.8, 4) is 0 Å². The van der Waals surface area contributed by atoms with E-state index in [0.717, 1.165) is 24.7 Å². The van der Waals surface area contributed by atoms with E-state index >= 15 is 0 Å². The van der Waals surface area contributed by atoms with Gasteiger partial charge in [-0.25, -0.2) is 4.98 Å². The molecule has 0 saturated carbocycles. The first-order valence-corrected chi connectivity index (χ1v) is 3.78. The van der Waals surface area contributed by atoms with Crippen LogP contribution in [0, 0.1) is 6.92 Å². The van der Waals surface area contributed by atoms with Crippen LogP contribution >= 0.6 is 0 Å². The Kier molecular flexibility index (Phi) is 1.35. The summed E-state index contributed by atoms with van der Waals surface area (Å²) in [6.45, 7) is 3.84. The van der Waals surface area contributed by atoms with Gasteiger partial charge in [-0.1, -0.05) is 0 Å². The summed E-state index contributed by atoms with van der Waals surface area (Å²) in [4.78, 5) is 9.48. The number of aromatic nitrogens is 2. The number of aromatic amines is 1. The SMILES string of the molecule is Cc1cnc(N2CC(N)C2)[nH]1. The molecule has 1 aromatic rings. The molecule has 1 aliphatic rings. The van der Waals surface area contributed by atoms with Crippen molar-refractivity contribution in [2.45, 2.75) is 13.0 Å². The van der Waals surface area contributed by atoms with Crippen molar-refractivity contribution in [3.05, 3.63) is 11.9 Å². The van der Waals surface area contributed by atoms with Crippen molar-refractivity contribution < 1.29 is 0 Å². The van der Waals surface area contributed by atoms with Crippen molar-refractivity contribution in [2.24, 2.45) is 5.73 Å². The van der Waals surface area contributed by atoms with Crippen molar-refractivity contribution in [1.29, 1.82) is 0 Å². The third-order valence-electron chi connectivity index (χ3n) is 1.90. The van der Waals surface area contributed by atoms with E-state index in [2.05, 4.69) is 14.9 Å². The third kappa shape index (κ3) is 1.09. The average molecular weight is 152 g/mol. The van der Waals surface area contributed by atoms with Gasteiger partial charge < -0.3 is 15.6 Å². The predicted octanol–water partition coefficient (Wildman–Crippen LogP) is -0.135. The van der Waals surface area contributed by atoms with Gasteiger partial charge in [-0.3, -0.25) is 0 Å². The molecule has 4 nitrogen and oxygen atoms in total. The highest BCUT2D eigenvalue weighted by molar-refractivity contribution is 5.35. The lowest BCUT2D eigenvalue weighted by Crippen LogP contribution is -2.56. The Morgan fingerprint density at radius 3 is 2.91 bits per heavy atom. The van der Waals surface area contributed by atoms with Crippen molar-refractivity contribution >= 4 is 5.95 Å². The van der Waals surface area contributed by atoms with Crippen LogP contribution in [0.3, 0.4) is 0 Å². The number of H-pyrrole nitrogens is 1. The number of hydrogen-bond donors (Lipinski definition) is 2. The molecule has 60 valence electrons. The zero-order valence-corrected chi connectivity index (χ0v) is 6.54. The van der Waals surface area contributed by atoms with E-state index < -0.39 is 0 Å². The van der Waals surface area contributed by atoms with E-state index in [4.69, 9.17) is 5.73 Å². The molecule has 1 saturated heterocycles. The maximum atomic E-state index is 5.63. The molecule has 0 aliphatic carbocycles. The molecule has 1 aromatic heterocycles. The maximum absolute atomic E-state index is 5.63. The summed E-state index contributed by atoms with van der Waals surface area (Å²) in [6.07, 6.45) is 1.83. The zero-order valence-electron chi connectivity index (χ0n) is 6.54. The van der Waals surface area contributed by atoms with Crippen molar-refractivity contribution in [3.63, 3.8) is 0 Å². The highest BCUT2D eigenvalue weighted by atomic mass is 15.3. The summed E-state index contributed by atoms with van der Waals surface area (Å²) >= 11 is 0. The molecule has 0 bridgehead atoms. The first kappa shape index (κ1) is 6.67. The average Bonchev–Trinajstić information content (AvgIpc) is 2.29. The quantitative estimate of drug-likeness (QED) is 0.589. The fourth-order valence-electron chi connectivity index (χ4n) is 1.25. The lowest BCUT2D eigenvalue weighted by Gasteiger charge is -2.36. The Bertz CT molecular complexity index is 249. The Balaban J connectivity index is 2.07. The standard InChI is InChI=1S/C7H12N4/c1-5-2-9-7(10-5)11-3-6(8)4-11/h2,6H,3-4,8H2,1H3,(H,9,10). The fraction of sp³-hybridized carbons (Fsp3) is 0.571. The molecule has 0 atom stereocenters. The van der Waals surface area contributed by atoms with Gasteiger partial charge in [-0.2, -0.15) is 0 Å². The van der Waals surface area contributed by atoms with Crippen LogP contribution in [0.4, 0.5) is 5.95 Å². The Labute approximate surface area is 65.4 Å². The minimum Gasteiger partial charge on any atom is -0.339 e. The number of anilines is 1. The Hall–Kier alpha value is -1.03. The first-order chi connectivity index (χ1) is 5.25. The van der Waals surface area contributed by atoms with Crippen molar-refractivity contribution in [2.75, 3.05) is 18.0 Å². The van der Waals surface area contributed by atoms with Gasteiger partial charge in [-0.15, -0.1) is 0 Å². The van der Waals surface area contributed by atoms with Crippen LogP contribution in [-0.4, -0.2) is 29.1 Å². The van der Waals surface area contributed by atoms with Gasteiger partial charge in [0.2, 0.25) is 5.95 Å². The van der Waals surface area contributed by atoms with Crippen LogP contribution < -0.4 is 10.6 Å². The van der Waals surface area contributed by atoms with Gasteiger partial charge in [0.1, 0.15) is 0 Å². The monoisotopic (exact) mass is 152 g/mol. The first-order valence-electron chi connectivity index (χ1n) is 3.78. The molecular weight excluding hydrogens is 140 g/mol. The van der Waals surface area contributed by atoms with E-state index in [1.54, 1.807) is 0 Å². The zero-order chi connectivity index (χ0) is 7.84.